The zero-order chi connectivity index (χ0) is 15.7. The van der Waals surface area contributed by atoms with Crippen LogP contribution in [0.4, 0.5) is 0 Å². The number of carbonyl (C=O) groups is 1. The second-order valence-electron chi connectivity index (χ2n) is 5.28. The van der Waals surface area contributed by atoms with Crippen LogP contribution in [0.15, 0.2) is 11.2 Å². The Morgan fingerprint density at radius 2 is 2.29 bits per heavy atom. The lowest BCUT2D eigenvalue weighted by Crippen LogP contribution is -2.46. The van der Waals surface area contributed by atoms with E-state index in [9.17, 15) is 13.2 Å². The Morgan fingerprint density at radius 1 is 1.57 bits per heavy atom. The zero-order valence-corrected chi connectivity index (χ0v) is 13.9. The monoisotopic (exact) mass is 333 g/mol. The highest BCUT2D eigenvalue weighted by Gasteiger charge is 2.37. The van der Waals surface area contributed by atoms with Gasteiger partial charge in [-0.25, -0.2) is 13.2 Å². The lowest BCUT2D eigenvalue weighted by Gasteiger charge is -2.36. The van der Waals surface area contributed by atoms with Crippen molar-refractivity contribution < 1.29 is 17.9 Å². The molecule has 0 radical (unpaired) electrons. The van der Waals surface area contributed by atoms with E-state index >= 15 is 0 Å². The fourth-order valence-electron chi connectivity index (χ4n) is 2.13. The number of carbonyl (C=O) groups excluding carboxylic acids is 1. The topological polar surface area (TPSA) is 92.4 Å². The molecule has 0 atom stereocenters. The van der Waals surface area contributed by atoms with Crippen LogP contribution in [0.3, 0.4) is 0 Å². The molecule has 0 bridgehead atoms. The molecule has 2 rings (SSSR count). The summed E-state index contributed by atoms with van der Waals surface area (Å²) >= 11 is 1.73. The van der Waals surface area contributed by atoms with Gasteiger partial charge in [0.15, 0.2) is 5.03 Å². The molecule has 1 aliphatic rings. The van der Waals surface area contributed by atoms with Gasteiger partial charge in [0.25, 0.3) is 10.0 Å². The van der Waals surface area contributed by atoms with Crippen molar-refractivity contribution in [2.45, 2.75) is 30.5 Å². The highest BCUT2D eigenvalue weighted by molar-refractivity contribution is 8.00. The number of nitrogens with zero attached hydrogens (tertiary/aromatic N) is 2. The second-order valence-corrected chi connectivity index (χ2v) is 8.96. The Hall–Kier alpha value is -1.06. The van der Waals surface area contributed by atoms with Gasteiger partial charge >= 0.3 is 5.97 Å². The molecule has 0 aliphatic carbocycles. The van der Waals surface area contributed by atoms with Gasteiger partial charge in [0.2, 0.25) is 0 Å². The molecule has 1 aromatic rings. The fraction of sp³-hybridized carbons (Fsp3) is 0.667. The fourth-order valence-corrected chi connectivity index (χ4v) is 5.11. The van der Waals surface area contributed by atoms with Crippen LogP contribution in [0.25, 0.3) is 0 Å². The Bertz CT molecular complexity index is 624. The Kier molecular flexibility index (Phi) is 4.64. The summed E-state index contributed by atoms with van der Waals surface area (Å²) in [4.78, 5) is 11.8. The Balaban J connectivity index is 2.32. The summed E-state index contributed by atoms with van der Waals surface area (Å²) in [6, 6.07) is 0. The number of hydrogen-bond donors (Lipinski definition) is 1. The van der Waals surface area contributed by atoms with E-state index in [1.54, 1.807) is 18.7 Å². The maximum absolute atomic E-state index is 12.7. The lowest BCUT2D eigenvalue weighted by molar-refractivity contribution is 0.0521. The van der Waals surface area contributed by atoms with Gasteiger partial charge in [-0.15, -0.1) is 0 Å². The molecule has 1 aliphatic heterocycles. The smallest absolute Gasteiger partial charge is 0.342 e. The van der Waals surface area contributed by atoms with Crippen LogP contribution in [-0.2, 0) is 14.8 Å². The van der Waals surface area contributed by atoms with Gasteiger partial charge in [-0.3, -0.25) is 5.10 Å². The van der Waals surface area contributed by atoms with Crippen molar-refractivity contribution in [3.63, 3.8) is 0 Å². The second kappa shape index (κ2) is 5.98. The first-order chi connectivity index (χ1) is 9.78. The first kappa shape index (κ1) is 16.3. The van der Waals surface area contributed by atoms with Gasteiger partial charge in [-0.2, -0.15) is 21.2 Å². The van der Waals surface area contributed by atoms with Crippen LogP contribution in [0, 0.1) is 0 Å². The van der Waals surface area contributed by atoms with Gasteiger partial charge in [0, 0.05) is 23.6 Å². The van der Waals surface area contributed by atoms with Crippen LogP contribution in [-0.4, -0.2) is 59.1 Å². The summed E-state index contributed by atoms with van der Waals surface area (Å²) in [6.45, 7) is 6.64. The minimum Gasteiger partial charge on any atom is -0.462 e. The Morgan fingerprint density at radius 3 is 2.90 bits per heavy atom. The average Bonchev–Trinajstić information content (AvgIpc) is 2.87. The number of ether oxygens (including phenoxy) is 1. The van der Waals surface area contributed by atoms with E-state index in [0.717, 1.165) is 5.75 Å². The number of thioether (sulfide) groups is 1. The lowest BCUT2D eigenvalue weighted by atomic mass is 10.2. The predicted molar refractivity (Wildman–Crippen MR) is 79.8 cm³/mol. The van der Waals surface area contributed by atoms with Crippen LogP contribution >= 0.6 is 11.8 Å². The van der Waals surface area contributed by atoms with E-state index in [0.29, 0.717) is 13.1 Å². The predicted octanol–water partition coefficient (Wildman–Crippen LogP) is 1.10. The Labute approximate surface area is 128 Å². The third-order valence-electron chi connectivity index (χ3n) is 3.09. The molecule has 21 heavy (non-hydrogen) atoms. The highest BCUT2D eigenvalue weighted by atomic mass is 32.2. The maximum atomic E-state index is 12.7. The summed E-state index contributed by atoms with van der Waals surface area (Å²) < 4.78 is 31.5. The van der Waals surface area contributed by atoms with Crippen molar-refractivity contribution in [2.75, 3.05) is 25.4 Å². The number of rotatable bonds is 4. The zero-order valence-electron chi connectivity index (χ0n) is 12.2. The summed E-state index contributed by atoms with van der Waals surface area (Å²) in [6.07, 6.45) is 1.19. The van der Waals surface area contributed by atoms with Gasteiger partial charge in [0.1, 0.15) is 5.56 Å². The SMILES string of the molecule is CCOC(=O)c1cn[nH]c1S(=O)(=O)N1CCSC(C)(C)C1. The molecule has 2 heterocycles. The van der Waals surface area contributed by atoms with Gasteiger partial charge in [0.05, 0.1) is 12.8 Å². The van der Waals surface area contributed by atoms with Crippen LogP contribution in [0.5, 0.6) is 0 Å². The molecule has 1 N–H and O–H groups in total. The molecule has 0 spiro atoms. The van der Waals surface area contributed by atoms with Crippen LogP contribution < -0.4 is 0 Å². The number of sulfonamides is 1. The summed E-state index contributed by atoms with van der Waals surface area (Å²) in [5.74, 6) is 0.0326. The third-order valence-corrected chi connectivity index (χ3v) is 6.20. The van der Waals surface area contributed by atoms with Crippen LogP contribution in [0.2, 0.25) is 0 Å². The molecule has 9 heteroatoms. The van der Waals surface area contributed by atoms with Gasteiger partial charge < -0.3 is 4.74 Å². The third kappa shape index (κ3) is 3.41. The first-order valence-electron chi connectivity index (χ1n) is 6.62. The molecule has 0 saturated carbocycles. The first-order valence-corrected chi connectivity index (χ1v) is 9.05. The minimum atomic E-state index is -3.78. The van der Waals surface area contributed by atoms with Crippen molar-refractivity contribution >= 4 is 27.8 Å². The molecular formula is C12H19N3O4S2. The van der Waals surface area contributed by atoms with E-state index in [-0.39, 0.29) is 21.9 Å². The molecule has 0 aromatic carbocycles. The molecule has 1 aromatic heterocycles. The van der Waals surface area contributed by atoms with Crippen molar-refractivity contribution in [3.8, 4) is 0 Å². The molecule has 1 fully saturated rings. The average molecular weight is 333 g/mol. The molecule has 1 saturated heterocycles. The number of hydrogen-bond acceptors (Lipinski definition) is 6. The number of aromatic amines is 1. The van der Waals surface area contributed by atoms with Gasteiger partial charge in [-0.1, -0.05) is 0 Å². The van der Waals surface area contributed by atoms with Crippen molar-refractivity contribution in [1.29, 1.82) is 0 Å². The molecule has 0 unspecified atom stereocenters. The highest BCUT2D eigenvalue weighted by Crippen LogP contribution is 2.32. The summed E-state index contributed by atoms with van der Waals surface area (Å²) in [7, 11) is -3.78. The van der Waals surface area contributed by atoms with Crippen LogP contribution in [0.1, 0.15) is 31.1 Å². The number of H-pyrrole nitrogens is 1. The quantitative estimate of drug-likeness (QED) is 0.830. The number of aromatic nitrogens is 2. The summed E-state index contributed by atoms with van der Waals surface area (Å²) in [5, 5.41) is 5.92. The number of esters is 1. The molecule has 118 valence electrons. The molecule has 7 nitrogen and oxygen atoms in total. The van der Waals surface area contributed by atoms with E-state index < -0.39 is 16.0 Å². The number of nitrogens with one attached hydrogen (secondary N) is 1. The standard InChI is InChI=1S/C12H19N3O4S2/c1-4-19-11(16)9-7-13-14-10(9)21(17,18)15-5-6-20-12(2,3)8-15/h7H,4-6,8H2,1-3H3,(H,13,14). The van der Waals surface area contributed by atoms with Crippen molar-refractivity contribution in [1.82, 2.24) is 14.5 Å². The minimum absolute atomic E-state index is 0.0483. The van der Waals surface area contributed by atoms with Crippen molar-refractivity contribution in [2.24, 2.45) is 0 Å². The van der Waals surface area contributed by atoms with E-state index in [4.69, 9.17) is 4.74 Å². The van der Waals surface area contributed by atoms with E-state index in [1.165, 1.54) is 10.5 Å². The molecule has 0 amide bonds. The van der Waals surface area contributed by atoms with Crippen molar-refractivity contribution in [3.05, 3.63) is 11.8 Å². The van der Waals surface area contributed by atoms with E-state index in [2.05, 4.69) is 10.2 Å². The normalized spacial score (nSPS) is 19.4. The molecular weight excluding hydrogens is 314 g/mol. The van der Waals surface area contributed by atoms with Gasteiger partial charge in [-0.05, 0) is 20.8 Å². The van der Waals surface area contributed by atoms with E-state index in [1.807, 2.05) is 13.8 Å². The largest absolute Gasteiger partial charge is 0.462 e. The summed E-state index contributed by atoms with van der Waals surface area (Å²) in [5.41, 5.74) is -0.0483. The maximum Gasteiger partial charge on any atom is 0.342 e.